The van der Waals surface area contributed by atoms with Gasteiger partial charge in [-0.1, -0.05) is 17.7 Å². The fourth-order valence-corrected chi connectivity index (χ4v) is 2.82. The molecule has 0 saturated carbocycles. The molecule has 5 nitrogen and oxygen atoms in total. The second kappa shape index (κ2) is 6.52. The Morgan fingerprint density at radius 2 is 2.26 bits per heavy atom. The lowest BCUT2D eigenvalue weighted by atomic mass is 10.1. The average molecular weight is 336 g/mol. The molecule has 1 amide bonds. The van der Waals surface area contributed by atoms with E-state index in [2.05, 4.69) is 4.98 Å². The molecule has 2 aromatic rings. The molecule has 2 heterocycles. The third-order valence-corrected chi connectivity index (χ3v) is 4.08. The van der Waals surface area contributed by atoms with Gasteiger partial charge in [0.25, 0.3) is 5.91 Å². The van der Waals surface area contributed by atoms with E-state index in [0.29, 0.717) is 30.9 Å². The van der Waals surface area contributed by atoms with Gasteiger partial charge in [0.1, 0.15) is 11.9 Å². The number of primary amides is 1. The SMILES string of the molecule is NC(=O)c1cnccc1N1CCOC(c2ccc(F)c(Cl)c2)C1. The zero-order valence-corrected chi connectivity index (χ0v) is 13.0. The van der Waals surface area contributed by atoms with Crippen LogP contribution < -0.4 is 10.6 Å². The number of carbonyl (C=O) groups excluding carboxylic acids is 1. The molecule has 3 rings (SSSR count). The monoisotopic (exact) mass is 335 g/mol. The molecule has 1 aliphatic rings. The van der Waals surface area contributed by atoms with Gasteiger partial charge < -0.3 is 15.4 Å². The fourth-order valence-electron chi connectivity index (χ4n) is 2.64. The van der Waals surface area contributed by atoms with Crippen molar-refractivity contribution in [3.05, 3.63) is 58.6 Å². The number of hydrogen-bond donors (Lipinski definition) is 1. The lowest BCUT2D eigenvalue weighted by Gasteiger charge is -2.35. The van der Waals surface area contributed by atoms with Crippen LogP contribution in [0.15, 0.2) is 36.7 Å². The maximum Gasteiger partial charge on any atom is 0.252 e. The van der Waals surface area contributed by atoms with Crippen LogP contribution in [0.5, 0.6) is 0 Å². The molecule has 7 heteroatoms. The average Bonchev–Trinajstić information content (AvgIpc) is 2.57. The Labute approximate surface area is 137 Å². The van der Waals surface area contributed by atoms with Gasteiger partial charge in [0.05, 0.1) is 22.9 Å². The quantitative estimate of drug-likeness (QED) is 0.936. The lowest BCUT2D eigenvalue weighted by Crippen LogP contribution is -2.39. The first kappa shape index (κ1) is 15.7. The summed E-state index contributed by atoms with van der Waals surface area (Å²) >= 11 is 5.84. The number of morpholine rings is 1. The van der Waals surface area contributed by atoms with Gasteiger partial charge in [0.15, 0.2) is 0 Å². The van der Waals surface area contributed by atoms with Gasteiger partial charge in [-0.05, 0) is 23.8 Å². The molecule has 0 aliphatic carbocycles. The van der Waals surface area contributed by atoms with Crippen LogP contribution in [-0.4, -0.2) is 30.6 Å². The third-order valence-electron chi connectivity index (χ3n) is 3.79. The fraction of sp³-hybridized carbons (Fsp3) is 0.250. The van der Waals surface area contributed by atoms with Crippen molar-refractivity contribution in [2.75, 3.05) is 24.6 Å². The standard InChI is InChI=1S/C16H15ClFN3O2/c17-12-7-10(1-2-13(12)18)15-9-21(5-6-23-15)14-3-4-20-8-11(14)16(19)22/h1-4,7-8,15H,5-6,9H2,(H2,19,22). The van der Waals surface area contributed by atoms with E-state index in [-0.39, 0.29) is 11.1 Å². The first-order valence-electron chi connectivity index (χ1n) is 7.11. The van der Waals surface area contributed by atoms with Crippen LogP contribution in [0, 0.1) is 5.82 Å². The van der Waals surface area contributed by atoms with E-state index in [1.165, 1.54) is 12.3 Å². The predicted octanol–water partition coefficient (Wildman–Crippen LogP) is 2.55. The summed E-state index contributed by atoms with van der Waals surface area (Å²) in [6.45, 7) is 1.60. The van der Waals surface area contributed by atoms with Crippen LogP contribution in [0.2, 0.25) is 5.02 Å². The Morgan fingerprint density at radius 3 is 3.00 bits per heavy atom. The van der Waals surface area contributed by atoms with Crippen LogP contribution in [0.1, 0.15) is 22.0 Å². The van der Waals surface area contributed by atoms with Crippen LogP contribution in [0.3, 0.4) is 0 Å². The molecule has 1 saturated heterocycles. The van der Waals surface area contributed by atoms with Crippen molar-refractivity contribution in [1.29, 1.82) is 0 Å². The van der Waals surface area contributed by atoms with Crippen molar-refractivity contribution < 1.29 is 13.9 Å². The number of aromatic nitrogens is 1. The molecular formula is C16H15ClFN3O2. The highest BCUT2D eigenvalue weighted by molar-refractivity contribution is 6.30. The number of amides is 1. The zero-order chi connectivity index (χ0) is 16.4. The molecule has 1 aromatic heterocycles. The van der Waals surface area contributed by atoms with Crippen molar-refractivity contribution >= 4 is 23.2 Å². The second-order valence-electron chi connectivity index (χ2n) is 5.24. The molecule has 1 unspecified atom stereocenters. The number of carbonyl (C=O) groups is 1. The molecule has 23 heavy (non-hydrogen) atoms. The molecule has 120 valence electrons. The highest BCUT2D eigenvalue weighted by Crippen LogP contribution is 2.29. The van der Waals surface area contributed by atoms with Crippen LogP contribution in [0.4, 0.5) is 10.1 Å². The lowest BCUT2D eigenvalue weighted by molar-refractivity contribution is 0.0397. The molecule has 0 bridgehead atoms. The molecule has 0 radical (unpaired) electrons. The van der Waals surface area contributed by atoms with Crippen molar-refractivity contribution in [2.24, 2.45) is 5.73 Å². The summed E-state index contributed by atoms with van der Waals surface area (Å²) in [6, 6.07) is 6.28. The Morgan fingerprint density at radius 1 is 1.43 bits per heavy atom. The number of halogens is 2. The zero-order valence-electron chi connectivity index (χ0n) is 12.2. The highest BCUT2D eigenvalue weighted by atomic mass is 35.5. The Hall–Kier alpha value is -2.18. The summed E-state index contributed by atoms with van der Waals surface area (Å²) in [4.78, 5) is 17.5. The normalized spacial score (nSPS) is 18.0. The van der Waals surface area contributed by atoms with E-state index in [1.54, 1.807) is 24.4 Å². The summed E-state index contributed by atoms with van der Waals surface area (Å²) in [5.41, 5.74) is 7.28. The van der Waals surface area contributed by atoms with Gasteiger partial charge in [0.2, 0.25) is 0 Å². The van der Waals surface area contributed by atoms with Gasteiger partial charge >= 0.3 is 0 Å². The first-order valence-corrected chi connectivity index (χ1v) is 7.49. The highest BCUT2D eigenvalue weighted by Gasteiger charge is 2.25. The number of nitrogens with two attached hydrogens (primary N) is 1. The van der Waals surface area contributed by atoms with E-state index in [4.69, 9.17) is 22.1 Å². The minimum Gasteiger partial charge on any atom is -0.370 e. The van der Waals surface area contributed by atoms with Gasteiger partial charge in [-0.2, -0.15) is 0 Å². The molecule has 1 fully saturated rings. The summed E-state index contributed by atoms with van der Waals surface area (Å²) in [5.74, 6) is -0.991. The largest absolute Gasteiger partial charge is 0.370 e. The number of nitrogens with zero attached hydrogens (tertiary/aromatic N) is 2. The predicted molar refractivity (Wildman–Crippen MR) is 85.1 cm³/mol. The summed E-state index contributed by atoms with van der Waals surface area (Å²) < 4.78 is 19.1. The van der Waals surface area contributed by atoms with Crippen molar-refractivity contribution in [1.82, 2.24) is 4.98 Å². The molecular weight excluding hydrogens is 321 g/mol. The van der Waals surface area contributed by atoms with E-state index < -0.39 is 11.7 Å². The Bertz CT molecular complexity index is 741. The summed E-state index contributed by atoms with van der Waals surface area (Å²) in [7, 11) is 0. The number of ether oxygens (including phenoxy) is 1. The van der Waals surface area contributed by atoms with Gasteiger partial charge in [-0.3, -0.25) is 9.78 Å². The number of benzene rings is 1. The van der Waals surface area contributed by atoms with Gasteiger partial charge in [-0.25, -0.2) is 4.39 Å². The van der Waals surface area contributed by atoms with Gasteiger partial charge in [-0.15, -0.1) is 0 Å². The maximum absolute atomic E-state index is 13.3. The van der Waals surface area contributed by atoms with Gasteiger partial charge in [0, 0.05) is 25.5 Å². The van der Waals surface area contributed by atoms with Crippen molar-refractivity contribution in [2.45, 2.75) is 6.10 Å². The number of pyridine rings is 1. The summed E-state index contributed by atoms with van der Waals surface area (Å²) in [5, 5.41) is 0.0601. The molecule has 0 spiro atoms. The van der Waals surface area contributed by atoms with Crippen LogP contribution in [-0.2, 0) is 4.74 Å². The third kappa shape index (κ3) is 3.28. The first-order chi connectivity index (χ1) is 11.1. The summed E-state index contributed by atoms with van der Waals surface area (Å²) in [6.07, 6.45) is 2.80. The van der Waals surface area contributed by atoms with Crippen LogP contribution >= 0.6 is 11.6 Å². The van der Waals surface area contributed by atoms with Crippen molar-refractivity contribution in [3.63, 3.8) is 0 Å². The van der Waals surface area contributed by atoms with E-state index in [0.717, 1.165) is 5.56 Å². The van der Waals surface area contributed by atoms with Crippen LogP contribution in [0.25, 0.3) is 0 Å². The second-order valence-corrected chi connectivity index (χ2v) is 5.64. The minimum absolute atomic E-state index is 0.0601. The van der Waals surface area contributed by atoms with E-state index in [1.807, 2.05) is 4.90 Å². The molecule has 1 aromatic carbocycles. The van der Waals surface area contributed by atoms with E-state index >= 15 is 0 Å². The number of anilines is 1. The minimum atomic E-state index is -0.527. The Kier molecular flexibility index (Phi) is 4.45. The van der Waals surface area contributed by atoms with Crippen molar-refractivity contribution in [3.8, 4) is 0 Å². The number of hydrogen-bond acceptors (Lipinski definition) is 4. The topological polar surface area (TPSA) is 68.5 Å². The molecule has 1 atom stereocenters. The molecule has 1 aliphatic heterocycles. The number of rotatable bonds is 3. The molecule has 2 N–H and O–H groups in total. The maximum atomic E-state index is 13.3. The van der Waals surface area contributed by atoms with E-state index in [9.17, 15) is 9.18 Å². The smallest absolute Gasteiger partial charge is 0.252 e. The Balaban J connectivity index is 1.86.